The Labute approximate surface area is 660 Å². The molecule has 650 valence electrons. The quantitative estimate of drug-likeness (QED) is 0.0229. The van der Waals surface area contributed by atoms with Gasteiger partial charge in [-0.1, -0.05) is 25.0 Å². The van der Waals surface area contributed by atoms with Gasteiger partial charge in [0.15, 0.2) is 18.9 Å². The fraction of sp³-hybridized carbons (Fsp3) is 0.865. The van der Waals surface area contributed by atoms with Gasteiger partial charge in [-0.05, 0) is 63.7 Å². The number of Topliss-reactive ketones (excluding diaryl/α,β-unsaturated/α-hetero) is 1. The summed E-state index contributed by atoms with van der Waals surface area (Å²) in [5.74, 6) is -0.562. The van der Waals surface area contributed by atoms with Crippen molar-refractivity contribution in [1.82, 2.24) is 35.8 Å². The van der Waals surface area contributed by atoms with E-state index in [0.29, 0.717) is 209 Å². The molecule has 15 atom stereocenters. The van der Waals surface area contributed by atoms with Crippen molar-refractivity contribution in [2.45, 2.75) is 208 Å². The summed E-state index contributed by atoms with van der Waals surface area (Å²) in [4.78, 5) is 74.5. The highest BCUT2D eigenvalue weighted by atomic mass is 16.8. The molecule has 1 aromatic rings. The van der Waals surface area contributed by atoms with Crippen LogP contribution in [0, 0.1) is 11.8 Å². The van der Waals surface area contributed by atoms with Crippen molar-refractivity contribution < 1.29 is 155 Å². The van der Waals surface area contributed by atoms with Crippen LogP contribution in [0.3, 0.4) is 0 Å². The van der Waals surface area contributed by atoms with Crippen LogP contribution in [0.25, 0.3) is 0 Å². The van der Waals surface area contributed by atoms with Gasteiger partial charge >= 0.3 is 0 Å². The van der Waals surface area contributed by atoms with Crippen molar-refractivity contribution in [3.05, 3.63) is 24.0 Å². The van der Waals surface area contributed by atoms with Gasteiger partial charge in [-0.15, -0.1) is 5.10 Å². The number of unbranched alkanes of at least 4 members (excludes halogenated alkanes) is 4. The summed E-state index contributed by atoms with van der Waals surface area (Å²) in [5.41, 5.74) is 0.561. The van der Waals surface area contributed by atoms with E-state index in [1.165, 1.54) is 24.2 Å². The average molecular weight is 1630 g/mol. The van der Waals surface area contributed by atoms with Crippen LogP contribution in [-0.2, 0) is 127 Å². The molecular weight excluding hydrogens is 1500 g/mol. The Hall–Kier alpha value is -4.94. The zero-order valence-corrected chi connectivity index (χ0v) is 65.5. The number of nitrogens with one attached hydrogen (secondary N) is 3. The monoisotopic (exact) mass is 1630 g/mol. The Morgan fingerprint density at radius 2 is 0.894 bits per heavy atom. The molecule has 1 aliphatic carbocycles. The minimum absolute atomic E-state index is 0.000388. The number of ether oxygens (including phenoxy) is 18. The molecule has 0 radical (unpaired) electrons. The molecule has 6 rings (SSSR count). The number of hydrogen-bond acceptors (Lipinski definition) is 34. The van der Waals surface area contributed by atoms with E-state index in [2.05, 4.69) is 26.3 Å². The third-order valence-corrected chi connectivity index (χ3v) is 19.2. The summed E-state index contributed by atoms with van der Waals surface area (Å²) in [5, 5.41) is 103. The van der Waals surface area contributed by atoms with Crippen molar-refractivity contribution in [2.24, 2.45) is 11.8 Å². The average Bonchev–Trinajstić information content (AvgIpc) is 1.63. The van der Waals surface area contributed by atoms with Crippen LogP contribution in [0.2, 0.25) is 0 Å². The highest BCUT2D eigenvalue weighted by Crippen LogP contribution is 2.33. The molecule has 0 spiro atoms. The standard InChI is InChI=1S/C74H127N7O32/c1-3-58(84)75-20-26-98-31-33-101-35-37-103-39-41-105-43-44-106-42-40-104-38-36-102-34-32-100-28-22-80-47-53(78-79-80)45-77-60(86)13-7-5-9-24-107-70-56(112-72(96-2)68(94)65(70)91)49-110-74-69(95)66(92)71(57(113-74)50-109-73-67(93)64(90)63(89)55(48-82)111-73)108-25-8-4-6-12-59(85)76-21-27-99-30-29-97-23-10-11-54(83)52-16-14-51(15-17-52)46-81-61(87)18-19-62(81)88/h18-19,47,51-52,55-57,63-74,82,89-95H,3-17,20-46,48-50H2,1-2H3,(H,75,84)(H,76,85)(H,77,86)/t51?,52?,55?,56?,57?,63?,64?,65?,66?,67?,68?,69?,70-,71-,72?,73?,74?/m0/s1. The molecule has 1 saturated carbocycles. The van der Waals surface area contributed by atoms with E-state index in [4.69, 9.17) is 85.3 Å². The van der Waals surface area contributed by atoms with Crippen molar-refractivity contribution in [1.29, 1.82) is 0 Å². The molecule has 0 aromatic carbocycles. The predicted molar refractivity (Wildman–Crippen MR) is 392 cm³/mol. The van der Waals surface area contributed by atoms with Gasteiger partial charge in [0.25, 0.3) is 11.8 Å². The third-order valence-electron chi connectivity index (χ3n) is 19.2. The lowest BCUT2D eigenvalue weighted by atomic mass is 9.79. The molecule has 5 amide bonds. The second kappa shape index (κ2) is 58.0. The zero-order chi connectivity index (χ0) is 81.2. The molecule has 3 saturated heterocycles. The van der Waals surface area contributed by atoms with Crippen LogP contribution >= 0.6 is 0 Å². The number of methoxy groups -OCH3 is 1. The molecule has 4 fully saturated rings. The van der Waals surface area contributed by atoms with Gasteiger partial charge in [-0.25, -0.2) is 4.68 Å². The molecule has 11 N–H and O–H groups in total. The number of ketones is 1. The largest absolute Gasteiger partial charge is 0.394 e. The lowest BCUT2D eigenvalue weighted by molar-refractivity contribution is -0.345. The molecule has 5 heterocycles. The fourth-order valence-corrected chi connectivity index (χ4v) is 12.7. The summed E-state index contributed by atoms with van der Waals surface area (Å²) < 4.78 is 104. The third kappa shape index (κ3) is 37.7. The first-order valence-electron chi connectivity index (χ1n) is 39.8. The van der Waals surface area contributed by atoms with E-state index in [9.17, 15) is 69.6 Å². The van der Waals surface area contributed by atoms with Crippen molar-refractivity contribution in [2.75, 3.05) is 192 Å². The van der Waals surface area contributed by atoms with Gasteiger partial charge in [-0.3, -0.25) is 33.7 Å². The molecule has 0 bridgehead atoms. The Bertz CT molecular complexity index is 2760. The van der Waals surface area contributed by atoms with Crippen LogP contribution in [0.15, 0.2) is 18.3 Å². The summed E-state index contributed by atoms with van der Waals surface area (Å²) in [7, 11) is 1.26. The number of aliphatic hydroxyl groups excluding tert-OH is 8. The normalized spacial score (nSPS) is 26.7. The molecule has 39 nitrogen and oxygen atoms in total. The van der Waals surface area contributed by atoms with E-state index >= 15 is 0 Å². The topological polar surface area (TPSA) is 500 Å². The van der Waals surface area contributed by atoms with Gasteiger partial charge < -0.3 is 142 Å². The number of nitrogens with zero attached hydrogens (tertiary/aromatic N) is 4. The van der Waals surface area contributed by atoms with Crippen LogP contribution < -0.4 is 16.0 Å². The predicted octanol–water partition coefficient (Wildman–Crippen LogP) is -2.95. The van der Waals surface area contributed by atoms with E-state index in [1.54, 1.807) is 17.8 Å². The van der Waals surface area contributed by atoms with Crippen LogP contribution in [0.1, 0.15) is 109 Å². The van der Waals surface area contributed by atoms with Gasteiger partial charge in [0, 0.05) is 90.3 Å². The molecule has 113 heavy (non-hydrogen) atoms. The first-order chi connectivity index (χ1) is 54.9. The van der Waals surface area contributed by atoms with E-state index < -0.39 is 112 Å². The number of carbonyl (C=O) groups is 6. The summed E-state index contributed by atoms with van der Waals surface area (Å²) in [6.45, 7) is 10.1. The van der Waals surface area contributed by atoms with Gasteiger partial charge in [0.05, 0.1) is 165 Å². The highest BCUT2D eigenvalue weighted by molar-refractivity contribution is 6.12. The van der Waals surface area contributed by atoms with E-state index in [0.717, 1.165) is 25.7 Å². The fourth-order valence-electron chi connectivity index (χ4n) is 12.7. The minimum Gasteiger partial charge on any atom is -0.394 e. The summed E-state index contributed by atoms with van der Waals surface area (Å²) in [6, 6.07) is 0. The van der Waals surface area contributed by atoms with Crippen LogP contribution in [0.4, 0.5) is 0 Å². The highest BCUT2D eigenvalue weighted by Gasteiger charge is 2.51. The first-order valence-corrected chi connectivity index (χ1v) is 39.8. The Balaban J connectivity index is 0.780. The van der Waals surface area contributed by atoms with Crippen molar-refractivity contribution >= 4 is 35.3 Å². The number of imide groups is 1. The number of carbonyl (C=O) groups excluding carboxylic acids is 6. The van der Waals surface area contributed by atoms with Crippen molar-refractivity contribution in [3.8, 4) is 0 Å². The second-order valence-corrected chi connectivity index (χ2v) is 27.8. The molecule has 13 unspecified atom stereocenters. The summed E-state index contributed by atoms with van der Waals surface area (Å²) >= 11 is 0. The van der Waals surface area contributed by atoms with Crippen LogP contribution in [0.5, 0.6) is 0 Å². The molecule has 4 aliphatic heterocycles. The SMILES string of the molecule is CCC(=O)NCCOCCOCCOCCOCCOCCOCCOCCOCCn1cc(CNC(=O)CCCCCO[C@H]2C(COC3OC(COC4OC(CO)C(O)C(O)C4O)[C@H](OCCCCCC(=O)NCCOCCOCCCC(=O)C4CCC(CN5C(=O)C=CC5=O)CC4)C(O)C3O)OC(OC)C(O)C2O)nn1. The Kier molecular flexibility index (Phi) is 49.8. The number of amides is 5. The number of aromatic nitrogens is 3. The van der Waals surface area contributed by atoms with Gasteiger partial charge in [-0.2, -0.15) is 0 Å². The molecule has 5 aliphatic rings. The minimum atomic E-state index is -1.78. The number of hydrogen-bond donors (Lipinski definition) is 11. The molecule has 39 heteroatoms. The lowest BCUT2D eigenvalue weighted by Gasteiger charge is -2.45. The Morgan fingerprint density at radius 3 is 1.38 bits per heavy atom. The molecular formula is C74H127N7O32. The number of aliphatic hydroxyl groups is 8. The Morgan fingerprint density at radius 1 is 0.460 bits per heavy atom. The summed E-state index contributed by atoms with van der Waals surface area (Å²) in [6.07, 6.45) is -10.4. The maximum atomic E-state index is 12.8. The van der Waals surface area contributed by atoms with Gasteiger partial charge in [0.2, 0.25) is 17.7 Å². The first kappa shape index (κ1) is 96.9. The van der Waals surface area contributed by atoms with Crippen LogP contribution in [-0.4, -0.2) is 380 Å². The lowest BCUT2D eigenvalue weighted by Crippen LogP contribution is -2.63. The van der Waals surface area contributed by atoms with Gasteiger partial charge in [0.1, 0.15) is 84.7 Å². The van der Waals surface area contributed by atoms with E-state index in [-0.39, 0.29) is 92.9 Å². The maximum absolute atomic E-state index is 12.8. The smallest absolute Gasteiger partial charge is 0.253 e. The molecule has 1 aromatic heterocycles. The maximum Gasteiger partial charge on any atom is 0.253 e. The second-order valence-electron chi connectivity index (χ2n) is 27.8. The van der Waals surface area contributed by atoms with E-state index in [1.807, 2.05) is 0 Å². The number of rotatable bonds is 65. The van der Waals surface area contributed by atoms with Crippen molar-refractivity contribution in [3.63, 3.8) is 0 Å². The zero-order valence-electron chi connectivity index (χ0n) is 65.5.